The van der Waals surface area contributed by atoms with Crippen molar-refractivity contribution in [3.63, 3.8) is 0 Å². The van der Waals surface area contributed by atoms with Crippen LogP contribution < -0.4 is 5.32 Å². The lowest BCUT2D eigenvalue weighted by Gasteiger charge is -2.31. The zero-order valence-electron chi connectivity index (χ0n) is 11.0. The summed E-state index contributed by atoms with van der Waals surface area (Å²) in [7, 11) is 0. The molecule has 2 saturated carbocycles. The summed E-state index contributed by atoms with van der Waals surface area (Å²) < 4.78 is 5.91. The molecule has 0 radical (unpaired) electrons. The van der Waals surface area contributed by atoms with Gasteiger partial charge in [-0.25, -0.2) is 0 Å². The van der Waals surface area contributed by atoms with Crippen LogP contribution in [0.25, 0.3) is 0 Å². The molecule has 2 aliphatic rings. The second-order valence-electron chi connectivity index (χ2n) is 5.66. The van der Waals surface area contributed by atoms with Crippen molar-refractivity contribution in [2.75, 3.05) is 13.2 Å². The third-order valence-corrected chi connectivity index (χ3v) is 4.09. The Morgan fingerprint density at radius 3 is 2.71 bits per heavy atom. The van der Waals surface area contributed by atoms with Crippen molar-refractivity contribution >= 4 is 0 Å². The van der Waals surface area contributed by atoms with E-state index in [0.717, 1.165) is 0 Å². The Morgan fingerprint density at radius 2 is 2.00 bits per heavy atom. The molecule has 3 heteroatoms. The maximum atomic E-state index is 9.83. The monoisotopic (exact) mass is 241 g/mol. The average Bonchev–Trinajstić information content (AvgIpc) is 3.18. The molecule has 2 rings (SSSR count). The molecule has 3 atom stereocenters. The van der Waals surface area contributed by atoms with Crippen LogP contribution in [0.5, 0.6) is 0 Å². The first kappa shape index (κ1) is 13.3. The topological polar surface area (TPSA) is 41.5 Å². The van der Waals surface area contributed by atoms with E-state index < -0.39 is 0 Å². The van der Waals surface area contributed by atoms with Gasteiger partial charge < -0.3 is 15.2 Å². The summed E-state index contributed by atoms with van der Waals surface area (Å²) in [6.07, 6.45) is 8.93. The molecule has 0 bridgehead atoms. The molecule has 0 aromatic heterocycles. The fourth-order valence-electron chi connectivity index (χ4n) is 2.74. The van der Waals surface area contributed by atoms with Gasteiger partial charge in [0.25, 0.3) is 0 Å². The van der Waals surface area contributed by atoms with Gasteiger partial charge in [0.05, 0.1) is 18.8 Å². The Hall–Kier alpha value is -0.120. The first-order valence-electron chi connectivity index (χ1n) is 7.32. The Labute approximate surface area is 105 Å². The molecule has 2 fully saturated rings. The molecule has 0 aliphatic heterocycles. The van der Waals surface area contributed by atoms with Gasteiger partial charge in [-0.05, 0) is 31.6 Å². The molecular formula is C14H27NO2. The smallest absolute Gasteiger partial charge is 0.0897 e. The van der Waals surface area contributed by atoms with Gasteiger partial charge >= 0.3 is 0 Å². The first-order valence-corrected chi connectivity index (χ1v) is 7.32. The van der Waals surface area contributed by atoms with Crippen molar-refractivity contribution in [2.45, 2.75) is 70.1 Å². The van der Waals surface area contributed by atoms with Crippen molar-refractivity contribution in [1.29, 1.82) is 0 Å². The lowest BCUT2D eigenvalue weighted by atomic mass is 9.85. The minimum Gasteiger partial charge on any atom is -0.389 e. The van der Waals surface area contributed by atoms with Crippen LogP contribution in [0.15, 0.2) is 0 Å². The molecule has 3 nitrogen and oxygen atoms in total. The number of nitrogens with one attached hydrogen (secondary N) is 1. The van der Waals surface area contributed by atoms with E-state index in [1.165, 1.54) is 44.9 Å². The highest BCUT2D eigenvalue weighted by Crippen LogP contribution is 2.29. The van der Waals surface area contributed by atoms with E-state index >= 15 is 0 Å². The van der Waals surface area contributed by atoms with Crippen LogP contribution in [0.3, 0.4) is 0 Å². The van der Waals surface area contributed by atoms with Gasteiger partial charge in [0, 0.05) is 12.6 Å². The highest BCUT2D eigenvalue weighted by molar-refractivity contribution is 4.82. The van der Waals surface area contributed by atoms with E-state index in [-0.39, 0.29) is 6.10 Å². The van der Waals surface area contributed by atoms with Gasteiger partial charge in [0.2, 0.25) is 0 Å². The number of aliphatic hydroxyl groups is 1. The van der Waals surface area contributed by atoms with Crippen molar-refractivity contribution in [3.05, 3.63) is 0 Å². The second-order valence-corrected chi connectivity index (χ2v) is 5.66. The third kappa shape index (κ3) is 4.57. The van der Waals surface area contributed by atoms with Gasteiger partial charge in [-0.15, -0.1) is 0 Å². The van der Waals surface area contributed by atoms with E-state index in [0.29, 0.717) is 31.2 Å². The van der Waals surface area contributed by atoms with E-state index in [9.17, 15) is 5.11 Å². The fraction of sp³-hybridized carbons (Fsp3) is 1.00. The van der Waals surface area contributed by atoms with Gasteiger partial charge in [-0.2, -0.15) is 0 Å². The summed E-state index contributed by atoms with van der Waals surface area (Å²) in [5.74, 6) is 0.715. The zero-order chi connectivity index (χ0) is 12.1. The average molecular weight is 241 g/mol. The van der Waals surface area contributed by atoms with E-state index in [1.54, 1.807) is 0 Å². The van der Waals surface area contributed by atoms with Crippen molar-refractivity contribution in [1.82, 2.24) is 5.32 Å². The summed E-state index contributed by atoms with van der Waals surface area (Å²) in [5, 5.41) is 13.2. The minimum absolute atomic E-state index is 0.338. The quantitative estimate of drug-likeness (QED) is 0.717. The largest absolute Gasteiger partial charge is 0.389 e. The molecule has 2 aliphatic carbocycles. The number of hydrogen-bond acceptors (Lipinski definition) is 3. The standard InChI is InChI=1S/C14H27NO2/c1-2-11-5-3-4-6-14(11)17-10-13(16)9-15-12-7-8-12/h11-16H,2-10H2,1H3. The second kappa shape index (κ2) is 6.72. The van der Waals surface area contributed by atoms with Crippen LogP contribution >= 0.6 is 0 Å². The fourth-order valence-corrected chi connectivity index (χ4v) is 2.74. The number of aliphatic hydroxyl groups excluding tert-OH is 1. The number of hydrogen-bond donors (Lipinski definition) is 2. The van der Waals surface area contributed by atoms with Gasteiger partial charge in [0.1, 0.15) is 0 Å². The Morgan fingerprint density at radius 1 is 1.24 bits per heavy atom. The predicted octanol–water partition coefficient (Wildman–Crippen LogP) is 2.08. The van der Waals surface area contributed by atoms with Crippen LogP contribution in [0.4, 0.5) is 0 Å². The normalized spacial score (nSPS) is 31.4. The van der Waals surface area contributed by atoms with Crippen LogP contribution in [-0.4, -0.2) is 36.5 Å². The highest BCUT2D eigenvalue weighted by atomic mass is 16.5. The lowest BCUT2D eigenvalue weighted by Crippen LogP contribution is -2.35. The van der Waals surface area contributed by atoms with Crippen LogP contribution in [-0.2, 0) is 4.74 Å². The Kier molecular flexibility index (Phi) is 5.26. The van der Waals surface area contributed by atoms with Crippen LogP contribution in [0, 0.1) is 5.92 Å². The summed E-state index contributed by atoms with van der Waals surface area (Å²) >= 11 is 0. The molecule has 2 N–H and O–H groups in total. The molecule has 0 saturated heterocycles. The highest BCUT2D eigenvalue weighted by Gasteiger charge is 2.25. The van der Waals surface area contributed by atoms with Crippen LogP contribution in [0.1, 0.15) is 51.9 Å². The molecule has 100 valence electrons. The van der Waals surface area contributed by atoms with Crippen LogP contribution in [0.2, 0.25) is 0 Å². The molecule has 0 amide bonds. The van der Waals surface area contributed by atoms with Crippen molar-refractivity contribution < 1.29 is 9.84 Å². The maximum absolute atomic E-state index is 9.83. The first-order chi connectivity index (χ1) is 8.29. The molecule has 3 unspecified atom stereocenters. The predicted molar refractivity (Wildman–Crippen MR) is 69.0 cm³/mol. The van der Waals surface area contributed by atoms with Gasteiger partial charge in [-0.3, -0.25) is 0 Å². The van der Waals surface area contributed by atoms with Crippen molar-refractivity contribution in [3.8, 4) is 0 Å². The molecule has 17 heavy (non-hydrogen) atoms. The van der Waals surface area contributed by atoms with Gasteiger partial charge in [0.15, 0.2) is 0 Å². The molecule has 0 aromatic carbocycles. The zero-order valence-corrected chi connectivity index (χ0v) is 11.0. The minimum atomic E-state index is -0.338. The SMILES string of the molecule is CCC1CCCCC1OCC(O)CNC1CC1. The third-order valence-electron chi connectivity index (χ3n) is 4.09. The Balaban J connectivity index is 1.61. The molecule has 0 heterocycles. The maximum Gasteiger partial charge on any atom is 0.0897 e. The molecule has 0 spiro atoms. The Bertz CT molecular complexity index is 218. The van der Waals surface area contributed by atoms with E-state index in [4.69, 9.17) is 4.74 Å². The summed E-state index contributed by atoms with van der Waals surface area (Å²) in [4.78, 5) is 0. The summed E-state index contributed by atoms with van der Waals surface area (Å²) in [6.45, 7) is 3.44. The van der Waals surface area contributed by atoms with E-state index in [2.05, 4.69) is 12.2 Å². The number of ether oxygens (including phenoxy) is 1. The number of rotatable bonds is 7. The van der Waals surface area contributed by atoms with Gasteiger partial charge in [-0.1, -0.05) is 26.2 Å². The molecular weight excluding hydrogens is 214 g/mol. The summed E-state index contributed by atoms with van der Waals surface area (Å²) in [5.41, 5.74) is 0. The molecule has 0 aromatic rings. The lowest BCUT2D eigenvalue weighted by molar-refractivity contribution is -0.0499. The van der Waals surface area contributed by atoms with Crippen molar-refractivity contribution in [2.24, 2.45) is 5.92 Å². The summed E-state index contributed by atoms with van der Waals surface area (Å²) in [6, 6.07) is 0.669. The van der Waals surface area contributed by atoms with E-state index in [1.807, 2.05) is 0 Å².